The Hall–Kier alpha value is -3.71. The van der Waals surface area contributed by atoms with Crippen LogP contribution in [0.15, 0.2) is 78.9 Å². The number of rotatable bonds is 6. The van der Waals surface area contributed by atoms with E-state index in [-0.39, 0.29) is 16.9 Å². The number of hydrogen-bond acceptors (Lipinski definition) is 4. The first-order valence-electron chi connectivity index (χ1n) is 9.24. The molecule has 0 aliphatic heterocycles. The molecule has 0 aromatic heterocycles. The Morgan fingerprint density at radius 1 is 0.833 bits per heavy atom. The van der Waals surface area contributed by atoms with Crippen molar-refractivity contribution < 1.29 is 14.3 Å². The van der Waals surface area contributed by atoms with E-state index in [9.17, 15) is 9.59 Å². The number of ether oxygens (including phenoxy) is 1. The number of amides is 2. The zero-order valence-corrected chi connectivity index (χ0v) is 17.2. The van der Waals surface area contributed by atoms with E-state index in [1.807, 2.05) is 30.3 Å². The molecule has 3 N–H and O–H groups in total. The van der Waals surface area contributed by atoms with Gasteiger partial charge in [0.05, 0.1) is 7.11 Å². The fraction of sp³-hybridized carbons (Fsp3) is 0.0870. The molecule has 2 amide bonds. The largest absolute Gasteiger partial charge is 0.497 e. The van der Waals surface area contributed by atoms with E-state index >= 15 is 0 Å². The van der Waals surface area contributed by atoms with Gasteiger partial charge in [-0.15, -0.1) is 0 Å². The Morgan fingerprint density at radius 2 is 1.43 bits per heavy atom. The van der Waals surface area contributed by atoms with Crippen LogP contribution in [0.2, 0.25) is 0 Å². The van der Waals surface area contributed by atoms with Gasteiger partial charge < -0.3 is 15.4 Å². The fourth-order valence-corrected chi connectivity index (χ4v) is 2.88. The third-order valence-electron chi connectivity index (χ3n) is 4.28. The van der Waals surface area contributed by atoms with Crippen LogP contribution in [0.5, 0.6) is 5.75 Å². The Kier molecular flexibility index (Phi) is 7.13. The summed E-state index contributed by atoms with van der Waals surface area (Å²) < 4.78 is 5.07. The number of thiocarbonyl (C=S) groups is 1. The van der Waals surface area contributed by atoms with Crippen molar-refractivity contribution in [2.45, 2.75) is 6.54 Å². The molecule has 0 aliphatic carbocycles. The predicted octanol–water partition coefficient (Wildman–Crippen LogP) is 3.75. The molecule has 3 aromatic carbocycles. The summed E-state index contributed by atoms with van der Waals surface area (Å²) in [5.74, 6) is 0.174. The summed E-state index contributed by atoms with van der Waals surface area (Å²) in [7, 11) is 1.56. The summed E-state index contributed by atoms with van der Waals surface area (Å²) in [6, 6.07) is 23.2. The molecule has 3 aromatic rings. The minimum Gasteiger partial charge on any atom is -0.497 e. The molecule has 0 atom stereocenters. The van der Waals surface area contributed by atoms with Crippen molar-refractivity contribution >= 4 is 34.8 Å². The highest BCUT2D eigenvalue weighted by Gasteiger charge is 2.09. The lowest BCUT2D eigenvalue weighted by atomic mass is 10.1. The van der Waals surface area contributed by atoms with Crippen molar-refractivity contribution in [1.29, 1.82) is 0 Å². The Morgan fingerprint density at radius 3 is 2.07 bits per heavy atom. The van der Waals surface area contributed by atoms with Crippen LogP contribution in [-0.2, 0) is 6.54 Å². The van der Waals surface area contributed by atoms with Crippen molar-refractivity contribution in [3.05, 3.63) is 95.6 Å². The van der Waals surface area contributed by atoms with Gasteiger partial charge in [0.2, 0.25) is 0 Å². The van der Waals surface area contributed by atoms with Crippen LogP contribution in [0, 0.1) is 0 Å². The first-order chi connectivity index (χ1) is 14.5. The van der Waals surface area contributed by atoms with E-state index in [0.29, 0.717) is 29.1 Å². The minimum absolute atomic E-state index is 0.164. The van der Waals surface area contributed by atoms with Gasteiger partial charge in [-0.25, -0.2) is 0 Å². The second-order valence-corrected chi connectivity index (χ2v) is 6.79. The highest BCUT2D eigenvalue weighted by Crippen LogP contribution is 2.12. The van der Waals surface area contributed by atoms with E-state index < -0.39 is 0 Å². The predicted molar refractivity (Wildman–Crippen MR) is 121 cm³/mol. The standard InChI is InChI=1S/C23H21N3O3S/c1-29-20-13-9-18(10-14-20)22(28)26-23(30)25-19-11-7-17(8-12-19)21(27)24-15-16-5-3-2-4-6-16/h2-14H,15H2,1H3,(H,24,27)(H2,25,26,28,30). The van der Waals surface area contributed by atoms with Gasteiger partial charge in [-0.2, -0.15) is 0 Å². The van der Waals surface area contributed by atoms with Crippen LogP contribution in [0.1, 0.15) is 26.3 Å². The smallest absolute Gasteiger partial charge is 0.257 e. The quantitative estimate of drug-likeness (QED) is 0.531. The number of carbonyl (C=O) groups excluding carboxylic acids is 2. The average Bonchev–Trinajstić information content (AvgIpc) is 2.78. The summed E-state index contributed by atoms with van der Waals surface area (Å²) in [4.78, 5) is 24.5. The Labute approximate surface area is 180 Å². The molecule has 0 saturated heterocycles. The molecule has 7 heteroatoms. The van der Waals surface area contributed by atoms with Gasteiger partial charge in [-0.3, -0.25) is 14.9 Å². The topological polar surface area (TPSA) is 79.5 Å². The van der Waals surface area contributed by atoms with Gasteiger partial charge >= 0.3 is 0 Å². The first kappa shape index (κ1) is 21.0. The number of benzene rings is 3. The molecule has 0 bridgehead atoms. The lowest BCUT2D eigenvalue weighted by molar-refractivity contribution is 0.0948. The van der Waals surface area contributed by atoms with Crippen molar-refractivity contribution in [2.75, 3.05) is 12.4 Å². The van der Waals surface area contributed by atoms with Crippen LogP contribution in [0.3, 0.4) is 0 Å². The van der Waals surface area contributed by atoms with Crippen LogP contribution < -0.4 is 20.7 Å². The van der Waals surface area contributed by atoms with Crippen molar-refractivity contribution in [3.8, 4) is 5.75 Å². The molecule has 6 nitrogen and oxygen atoms in total. The van der Waals surface area contributed by atoms with Crippen molar-refractivity contribution in [3.63, 3.8) is 0 Å². The maximum Gasteiger partial charge on any atom is 0.257 e. The fourth-order valence-electron chi connectivity index (χ4n) is 2.67. The van der Waals surface area contributed by atoms with Crippen molar-refractivity contribution in [2.24, 2.45) is 0 Å². The Balaban J connectivity index is 1.51. The van der Waals surface area contributed by atoms with E-state index in [4.69, 9.17) is 17.0 Å². The second kappa shape index (κ2) is 10.2. The molecular formula is C23H21N3O3S. The Bertz CT molecular complexity index is 1020. The summed E-state index contributed by atoms with van der Waals surface area (Å²) in [5, 5.41) is 8.59. The molecule has 0 spiro atoms. The second-order valence-electron chi connectivity index (χ2n) is 6.38. The lowest BCUT2D eigenvalue weighted by Crippen LogP contribution is -2.34. The third-order valence-corrected chi connectivity index (χ3v) is 4.48. The van der Waals surface area contributed by atoms with Gasteiger partial charge in [-0.1, -0.05) is 30.3 Å². The van der Waals surface area contributed by atoms with Crippen LogP contribution in [-0.4, -0.2) is 24.0 Å². The number of carbonyl (C=O) groups is 2. The van der Waals surface area contributed by atoms with Crippen LogP contribution in [0.4, 0.5) is 5.69 Å². The summed E-state index contributed by atoms with van der Waals surface area (Å²) in [6.07, 6.45) is 0. The highest BCUT2D eigenvalue weighted by atomic mass is 32.1. The van der Waals surface area contributed by atoms with Crippen LogP contribution in [0.25, 0.3) is 0 Å². The molecular weight excluding hydrogens is 398 g/mol. The molecule has 3 rings (SSSR count). The molecule has 0 fully saturated rings. The monoisotopic (exact) mass is 419 g/mol. The summed E-state index contributed by atoms with van der Waals surface area (Å²) >= 11 is 5.19. The van der Waals surface area contributed by atoms with Gasteiger partial charge in [0.1, 0.15) is 5.75 Å². The first-order valence-corrected chi connectivity index (χ1v) is 9.64. The summed E-state index contributed by atoms with van der Waals surface area (Å²) in [5.41, 5.74) is 2.69. The summed E-state index contributed by atoms with van der Waals surface area (Å²) in [6.45, 7) is 0.459. The molecule has 30 heavy (non-hydrogen) atoms. The van der Waals surface area contributed by atoms with Gasteiger partial charge in [0.25, 0.3) is 11.8 Å². The molecule has 0 heterocycles. The molecule has 0 unspecified atom stereocenters. The molecule has 0 radical (unpaired) electrons. The van der Waals surface area contributed by atoms with Crippen molar-refractivity contribution in [1.82, 2.24) is 10.6 Å². The van der Waals surface area contributed by atoms with E-state index in [0.717, 1.165) is 5.56 Å². The number of hydrogen-bond donors (Lipinski definition) is 3. The van der Waals surface area contributed by atoms with Gasteiger partial charge in [0.15, 0.2) is 5.11 Å². The molecule has 0 aliphatic rings. The SMILES string of the molecule is COc1ccc(C(=O)NC(=S)Nc2ccc(C(=O)NCc3ccccc3)cc2)cc1. The zero-order valence-electron chi connectivity index (χ0n) is 16.3. The number of anilines is 1. The maximum atomic E-state index is 12.3. The molecule has 0 saturated carbocycles. The third kappa shape index (κ3) is 5.89. The zero-order chi connectivity index (χ0) is 21.3. The molecule has 152 valence electrons. The van der Waals surface area contributed by atoms with Gasteiger partial charge in [0, 0.05) is 23.4 Å². The lowest BCUT2D eigenvalue weighted by Gasteiger charge is -2.11. The van der Waals surface area contributed by atoms with Gasteiger partial charge in [-0.05, 0) is 66.3 Å². The van der Waals surface area contributed by atoms with E-state index in [1.165, 1.54) is 0 Å². The normalized spacial score (nSPS) is 10.0. The van der Waals surface area contributed by atoms with Crippen LogP contribution >= 0.6 is 12.2 Å². The average molecular weight is 420 g/mol. The van der Waals surface area contributed by atoms with E-state index in [1.54, 1.807) is 55.6 Å². The number of methoxy groups -OCH3 is 1. The maximum absolute atomic E-state index is 12.3. The van der Waals surface area contributed by atoms with E-state index in [2.05, 4.69) is 16.0 Å². The number of nitrogens with one attached hydrogen (secondary N) is 3. The highest BCUT2D eigenvalue weighted by molar-refractivity contribution is 7.80. The minimum atomic E-state index is -0.327.